The molecule has 0 fully saturated rings. The van der Waals surface area contributed by atoms with Gasteiger partial charge in [-0.15, -0.1) is 0 Å². The average Bonchev–Trinajstić information content (AvgIpc) is 2.30. The van der Waals surface area contributed by atoms with Crippen LogP contribution in [0.3, 0.4) is 0 Å². The number of nitrogens with zero attached hydrogens (tertiary/aromatic N) is 1. The number of benzene rings is 1. The van der Waals surface area contributed by atoms with Gasteiger partial charge in [-0.3, -0.25) is 9.59 Å². The molecule has 6 heteroatoms. The Kier molecular flexibility index (Phi) is 4.98. The second-order valence-electron chi connectivity index (χ2n) is 3.72. The van der Waals surface area contributed by atoms with Crippen LogP contribution < -0.4 is 10.1 Å². The number of rotatable bonds is 6. The van der Waals surface area contributed by atoms with Crippen LogP contribution in [0.1, 0.15) is 12.5 Å². The van der Waals surface area contributed by atoms with Gasteiger partial charge in [0, 0.05) is 13.3 Å². The van der Waals surface area contributed by atoms with Crippen molar-refractivity contribution in [3.05, 3.63) is 28.7 Å². The van der Waals surface area contributed by atoms with Crippen molar-refractivity contribution in [1.29, 1.82) is 0 Å². The van der Waals surface area contributed by atoms with Crippen molar-refractivity contribution >= 4 is 17.4 Å². The Balaban J connectivity index is 2.87. The summed E-state index contributed by atoms with van der Waals surface area (Å²) in [6.07, 6.45) is 0.114. The van der Waals surface area contributed by atoms with E-state index < -0.39 is 0 Å². The first kappa shape index (κ1) is 13.8. The van der Waals surface area contributed by atoms with E-state index in [1.54, 1.807) is 18.2 Å². The number of ketones is 1. The van der Waals surface area contributed by atoms with Crippen LogP contribution in [0.5, 0.6) is 5.75 Å². The second-order valence-corrected chi connectivity index (χ2v) is 3.72. The summed E-state index contributed by atoms with van der Waals surface area (Å²) in [6, 6.07) is 4.99. The summed E-state index contributed by atoms with van der Waals surface area (Å²) in [7, 11) is 1.47. The predicted octanol–water partition coefficient (Wildman–Crippen LogP) is 1.53. The fraction of sp³-hybridized carbons (Fsp3) is 0.333. The summed E-state index contributed by atoms with van der Waals surface area (Å²) in [4.78, 5) is 32.2. The highest BCUT2D eigenvalue weighted by Crippen LogP contribution is 2.25. The van der Waals surface area contributed by atoms with Crippen LogP contribution in [0.25, 0.3) is 0 Å². The lowest BCUT2D eigenvalue weighted by molar-refractivity contribution is -0.117. The minimum atomic E-state index is -0.338. The number of carbonyl (C=O) groups excluding carboxylic acids is 2. The molecule has 96 valence electrons. The normalized spacial score (nSPS) is 9.67. The van der Waals surface area contributed by atoms with Crippen LogP contribution in [0.4, 0.5) is 5.69 Å². The van der Waals surface area contributed by atoms with E-state index >= 15 is 0 Å². The van der Waals surface area contributed by atoms with Gasteiger partial charge < -0.3 is 10.1 Å². The van der Waals surface area contributed by atoms with Crippen molar-refractivity contribution in [2.45, 2.75) is 13.3 Å². The zero-order valence-corrected chi connectivity index (χ0v) is 10.2. The van der Waals surface area contributed by atoms with Crippen LogP contribution in [0.15, 0.2) is 23.4 Å². The minimum Gasteiger partial charge on any atom is -0.495 e. The third-order valence-corrected chi connectivity index (χ3v) is 2.22. The third-order valence-electron chi connectivity index (χ3n) is 2.22. The van der Waals surface area contributed by atoms with E-state index in [4.69, 9.17) is 4.74 Å². The first-order valence-electron chi connectivity index (χ1n) is 5.32. The number of nitroso groups, excluding NO2 is 1. The highest BCUT2D eigenvalue weighted by atomic mass is 16.5. The Morgan fingerprint density at radius 3 is 2.67 bits per heavy atom. The van der Waals surface area contributed by atoms with Crippen molar-refractivity contribution in [3.63, 3.8) is 0 Å². The number of anilines is 1. The molecule has 0 saturated heterocycles. The zero-order valence-electron chi connectivity index (χ0n) is 10.2. The lowest BCUT2D eigenvalue weighted by Gasteiger charge is -2.10. The molecule has 18 heavy (non-hydrogen) atoms. The van der Waals surface area contributed by atoms with Gasteiger partial charge in [-0.05, 0) is 17.7 Å². The maximum atomic E-state index is 11.3. The van der Waals surface area contributed by atoms with Gasteiger partial charge in [0.25, 0.3) is 0 Å². The summed E-state index contributed by atoms with van der Waals surface area (Å²) in [5.41, 5.74) is 1.24. The molecule has 1 N–H and O–H groups in total. The molecule has 1 rings (SSSR count). The Bertz CT molecular complexity index is 471. The Morgan fingerprint density at radius 1 is 1.39 bits per heavy atom. The van der Waals surface area contributed by atoms with Gasteiger partial charge in [-0.25, -0.2) is 0 Å². The number of amides is 1. The molecule has 0 aromatic heterocycles. The molecular formula is C12H14N2O4. The van der Waals surface area contributed by atoms with Crippen LogP contribution >= 0.6 is 0 Å². The number of hydrogen-bond acceptors (Lipinski definition) is 5. The molecule has 6 nitrogen and oxygen atoms in total. The van der Waals surface area contributed by atoms with E-state index in [0.29, 0.717) is 17.0 Å². The van der Waals surface area contributed by atoms with E-state index in [0.717, 1.165) is 0 Å². The highest BCUT2D eigenvalue weighted by Gasteiger charge is 2.09. The van der Waals surface area contributed by atoms with Crippen LogP contribution in [0.2, 0.25) is 0 Å². The predicted molar refractivity (Wildman–Crippen MR) is 66.7 cm³/mol. The van der Waals surface area contributed by atoms with Gasteiger partial charge in [-0.1, -0.05) is 11.2 Å². The average molecular weight is 250 g/mol. The molecule has 0 heterocycles. The van der Waals surface area contributed by atoms with E-state index in [1.165, 1.54) is 14.0 Å². The van der Waals surface area contributed by atoms with Crippen molar-refractivity contribution < 1.29 is 14.3 Å². The zero-order chi connectivity index (χ0) is 13.5. The van der Waals surface area contributed by atoms with Crippen LogP contribution in [-0.2, 0) is 16.0 Å². The standard InChI is InChI=1S/C12H14N2O4/c1-8(15)14-11-4-3-9(6-12(11)18-2)5-10(16)7-13-17/h3-4,6H,5,7H2,1-2H3,(H,14,15). The maximum Gasteiger partial charge on any atom is 0.221 e. The molecule has 0 aliphatic heterocycles. The van der Waals surface area contributed by atoms with Gasteiger partial charge in [0.05, 0.1) is 12.8 Å². The number of carbonyl (C=O) groups is 2. The van der Waals surface area contributed by atoms with E-state index in [1.807, 2.05) is 0 Å². The first-order chi connectivity index (χ1) is 8.56. The van der Waals surface area contributed by atoms with Gasteiger partial charge in [0.15, 0.2) is 5.78 Å². The fourth-order valence-corrected chi connectivity index (χ4v) is 1.49. The number of nitrogens with one attached hydrogen (secondary N) is 1. The highest BCUT2D eigenvalue weighted by molar-refractivity contribution is 5.90. The molecule has 0 aliphatic carbocycles. The summed E-state index contributed by atoms with van der Waals surface area (Å²) >= 11 is 0. The monoisotopic (exact) mass is 250 g/mol. The van der Waals surface area contributed by atoms with Gasteiger partial charge in [0.2, 0.25) is 5.91 Å². The van der Waals surface area contributed by atoms with Gasteiger partial charge in [-0.2, -0.15) is 4.91 Å². The second kappa shape index (κ2) is 6.48. The molecular weight excluding hydrogens is 236 g/mol. The molecule has 0 saturated carbocycles. The summed E-state index contributed by atoms with van der Waals surface area (Å²) in [5, 5.41) is 5.16. The molecule has 1 aromatic carbocycles. The topological polar surface area (TPSA) is 84.8 Å². The largest absolute Gasteiger partial charge is 0.495 e. The van der Waals surface area contributed by atoms with Crippen molar-refractivity contribution in [2.75, 3.05) is 19.0 Å². The molecule has 0 aliphatic rings. The fourth-order valence-electron chi connectivity index (χ4n) is 1.49. The maximum absolute atomic E-state index is 11.3. The minimum absolute atomic E-state index is 0.114. The molecule has 0 radical (unpaired) electrons. The smallest absolute Gasteiger partial charge is 0.221 e. The lowest BCUT2D eigenvalue weighted by Crippen LogP contribution is -2.09. The van der Waals surface area contributed by atoms with E-state index in [-0.39, 0.29) is 24.7 Å². The Morgan fingerprint density at radius 2 is 2.11 bits per heavy atom. The molecule has 1 aromatic rings. The van der Waals surface area contributed by atoms with Gasteiger partial charge in [0.1, 0.15) is 12.3 Å². The number of methoxy groups -OCH3 is 1. The third kappa shape index (κ3) is 3.97. The quantitative estimate of drug-likeness (QED) is 0.776. The van der Waals surface area contributed by atoms with Gasteiger partial charge >= 0.3 is 0 Å². The molecule has 0 spiro atoms. The number of ether oxygens (including phenoxy) is 1. The first-order valence-corrected chi connectivity index (χ1v) is 5.32. The Labute approximate surface area is 104 Å². The van der Waals surface area contributed by atoms with Crippen LogP contribution in [0, 0.1) is 4.91 Å². The molecule has 0 atom stereocenters. The van der Waals surface area contributed by atoms with Crippen LogP contribution in [-0.4, -0.2) is 25.3 Å². The lowest BCUT2D eigenvalue weighted by atomic mass is 10.1. The SMILES string of the molecule is COc1cc(CC(=O)CN=O)ccc1NC(C)=O. The summed E-state index contributed by atoms with van der Waals surface area (Å²) < 4.78 is 5.12. The summed E-state index contributed by atoms with van der Waals surface area (Å²) in [5.74, 6) is -0.00354. The Hall–Kier alpha value is -2.24. The van der Waals surface area contributed by atoms with Crippen molar-refractivity contribution in [3.8, 4) is 5.75 Å². The van der Waals surface area contributed by atoms with E-state index in [9.17, 15) is 14.5 Å². The summed E-state index contributed by atoms with van der Waals surface area (Å²) in [6.45, 7) is 1.06. The molecule has 0 bridgehead atoms. The van der Waals surface area contributed by atoms with E-state index in [2.05, 4.69) is 10.5 Å². The van der Waals surface area contributed by atoms with Crippen molar-refractivity contribution in [1.82, 2.24) is 0 Å². The number of Topliss-reactive ketones (excluding diaryl/α,β-unsaturated/α-hetero) is 1. The molecule has 0 unspecified atom stereocenters. The number of hydrogen-bond donors (Lipinski definition) is 1. The van der Waals surface area contributed by atoms with Crippen molar-refractivity contribution in [2.24, 2.45) is 5.18 Å². The molecule has 1 amide bonds.